The van der Waals surface area contributed by atoms with Crippen molar-refractivity contribution in [3.8, 4) is 5.75 Å². The Balaban J connectivity index is 1.82. The zero-order chi connectivity index (χ0) is 14.8. The molecule has 0 radical (unpaired) electrons. The third kappa shape index (κ3) is 3.41. The number of halogens is 1. The Kier molecular flexibility index (Phi) is 4.20. The summed E-state index contributed by atoms with van der Waals surface area (Å²) < 4.78 is 6.40. The molecule has 0 bridgehead atoms. The second kappa shape index (κ2) is 6.10. The van der Waals surface area contributed by atoms with Crippen molar-refractivity contribution in [1.29, 1.82) is 0 Å². The number of anilines is 1. The molecule has 21 heavy (non-hydrogen) atoms. The first-order valence-corrected chi connectivity index (χ1v) is 8.13. The van der Waals surface area contributed by atoms with Gasteiger partial charge in [0.05, 0.1) is 13.2 Å². The van der Waals surface area contributed by atoms with E-state index in [1.54, 1.807) is 7.11 Å². The van der Waals surface area contributed by atoms with Crippen LogP contribution in [0.5, 0.6) is 5.75 Å². The molecule has 1 fully saturated rings. The van der Waals surface area contributed by atoms with E-state index in [0.717, 1.165) is 16.1 Å². The van der Waals surface area contributed by atoms with Gasteiger partial charge in [-0.25, -0.2) is 0 Å². The molecule has 110 valence electrons. The number of hydrogen-bond donors (Lipinski definition) is 1. The van der Waals surface area contributed by atoms with E-state index < -0.39 is 0 Å². The van der Waals surface area contributed by atoms with Crippen LogP contribution < -0.4 is 10.1 Å². The van der Waals surface area contributed by atoms with Gasteiger partial charge in [0.1, 0.15) is 5.75 Å². The molecule has 0 aliphatic heterocycles. The standard InChI is InChI=1S/C18H20BrNO/c1-12-3-8-15(11-17(12)19)20-18(13-4-5-13)14-6-9-16(21-2)10-7-14/h3,6-11,13,18,20H,4-5H2,1-2H3. The van der Waals surface area contributed by atoms with Crippen molar-refractivity contribution in [3.05, 3.63) is 58.1 Å². The predicted octanol–water partition coefficient (Wildman–Crippen LogP) is 5.33. The van der Waals surface area contributed by atoms with Crippen LogP contribution in [0.2, 0.25) is 0 Å². The van der Waals surface area contributed by atoms with E-state index in [9.17, 15) is 0 Å². The van der Waals surface area contributed by atoms with Gasteiger partial charge in [-0.1, -0.05) is 34.1 Å². The van der Waals surface area contributed by atoms with Crippen LogP contribution in [0.1, 0.15) is 30.0 Å². The van der Waals surface area contributed by atoms with Crippen molar-refractivity contribution in [2.75, 3.05) is 12.4 Å². The first-order chi connectivity index (χ1) is 10.2. The fourth-order valence-electron chi connectivity index (χ4n) is 2.58. The van der Waals surface area contributed by atoms with E-state index in [2.05, 4.69) is 58.5 Å². The zero-order valence-electron chi connectivity index (χ0n) is 12.4. The predicted molar refractivity (Wildman–Crippen MR) is 91.0 cm³/mol. The fraction of sp³-hybridized carbons (Fsp3) is 0.333. The van der Waals surface area contributed by atoms with Crippen molar-refractivity contribution in [2.45, 2.75) is 25.8 Å². The number of rotatable bonds is 5. The van der Waals surface area contributed by atoms with E-state index in [0.29, 0.717) is 6.04 Å². The first kappa shape index (κ1) is 14.5. The number of nitrogens with one attached hydrogen (secondary N) is 1. The summed E-state index contributed by atoms with van der Waals surface area (Å²) in [7, 11) is 1.70. The summed E-state index contributed by atoms with van der Waals surface area (Å²) in [6.45, 7) is 2.11. The molecular weight excluding hydrogens is 326 g/mol. The van der Waals surface area contributed by atoms with Gasteiger partial charge in [-0.05, 0) is 61.1 Å². The lowest BCUT2D eigenvalue weighted by atomic mass is 10.0. The van der Waals surface area contributed by atoms with Crippen molar-refractivity contribution in [3.63, 3.8) is 0 Å². The van der Waals surface area contributed by atoms with Crippen LogP contribution in [0.3, 0.4) is 0 Å². The van der Waals surface area contributed by atoms with E-state index in [1.165, 1.54) is 29.7 Å². The molecule has 0 saturated heterocycles. The third-order valence-corrected chi connectivity index (χ3v) is 4.92. The number of methoxy groups -OCH3 is 1. The second-order valence-corrected chi connectivity index (χ2v) is 6.55. The third-order valence-electron chi connectivity index (χ3n) is 4.06. The average Bonchev–Trinajstić information content (AvgIpc) is 3.33. The number of hydrogen-bond acceptors (Lipinski definition) is 2. The Morgan fingerprint density at radius 1 is 1.14 bits per heavy atom. The first-order valence-electron chi connectivity index (χ1n) is 7.34. The van der Waals surface area contributed by atoms with Crippen molar-refractivity contribution < 1.29 is 4.74 Å². The van der Waals surface area contributed by atoms with Gasteiger partial charge in [0, 0.05) is 10.2 Å². The molecule has 1 N–H and O–H groups in total. The lowest BCUT2D eigenvalue weighted by molar-refractivity contribution is 0.414. The van der Waals surface area contributed by atoms with Crippen molar-refractivity contribution >= 4 is 21.6 Å². The van der Waals surface area contributed by atoms with Gasteiger partial charge in [-0.15, -0.1) is 0 Å². The quantitative estimate of drug-likeness (QED) is 0.790. The monoisotopic (exact) mass is 345 g/mol. The molecule has 1 saturated carbocycles. The highest BCUT2D eigenvalue weighted by Gasteiger charge is 2.32. The Morgan fingerprint density at radius 3 is 2.43 bits per heavy atom. The molecule has 2 nitrogen and oxygen atoms in total. The highest BCUT2D eigenvalue weighted by molar-refractivity contribution is 9.10. The lowest BCUT2D eigenvalue weighted by Gasteiger charge is -2.21. The maximum absolute atomic E-state index is 5.25. The summed E-state index contributed by atoms with van der Waals surface area (Å²) in [5.74, 6) is 1.64. The molecule has 0 amide bonds. The minimum absolute atomic E-state index is 0.380. The normalized spacial score (nSPS) is 15.6. The van der Waals surface area contributed by atoms with E-state index in [4.69, 9.17) is 4.74 Å². The average molecular weight is 346 g/mol. The summed E-state index contributed by atoms with van der Waals surface area (Å²) >= 11 is 3.61. The fourth-order valence-corrected chi connectivity index (χ4v) is 2.96. The maximum atomic E-state index is 5.25. The molecule has 2 aromatic carbocycles. The summed E-state index contributed by atoms with van der Waals surface area (Å²) in [6.07, 6.45) is 2.60. The van der Waals surface area contributed by atoms with Gasteiger partial charge in [-0.3, -0.25) is 0 Å². The van der Waals surface area contributed by atoms with Gasteiger partial charge in [0.15, 0.2) is 0 Å². The van der Waals surface area contributed by atoms with Gasteiger partial charge in [0.25, 0.3) is 0 Å². The van der Waals surface area contributed by atoms with E-state index >= 15 is 0 Å². The van der Waals surface area contributed by atoms with Gasteiger partial charge < -0.3 is 10.1 Å². The highest BCUT2D eigenvalue weighted by atomic mass is 79.9. The molecule has 1 atom stereocenters. The number of benzene rings is 2. The molecule has 3 rings (SSSR count). The second-order valence-electron chi connectivity index (χ2n) is 5.70. The number of ether oxygens (including phenoxy) is 1. The van der Waals surface area contributed by atoms with Crippen LogP contribution in [0, 0.1) is 12.8 Å². The lowest BCUT2D eigenvalue weighted by Crippen LogP contribution is -2.13. The van der Waals surface area contributed by atoms with Crippen LogP contribution >= 0.6 is 15.9 Å². The van der Waals surface area contributed by atoms with E-state index in [1.807, 2.05) is 12.1 Å². The van der Waals surface area contributed by atoms with Crippen LogP contribution in [0.4, 0.5) is 5.69 Å². The molecule has 0 spiro atoms. The maximum Gasteiger partial charge on any atom is 0.118 e. The molecule has 3 heteroatoms. The number of aryl methyl sites for hydroxylation is 1. The largest absolute Gasteiger partial charge is 0.497 e. The van der Waals surface area contributed by atoms with Gasteiger partial charge in [-0.2, -0.15) is 0 Å². The SMILES string of the molecule is COc1ccc(C(Nc2ccc(C)c(Br)c2)C2CC2)cc1. The Labute approximate surface area is 134 Å². The summed E-state index contributed by atoms with van der Waals surface area (Å²) in [5, 5.41) is 3.69. The van der Waals surface area contributed by atoms with Crippen LogP contribution in [0.15, 0.2) is 46.9 Å². The van der Waals surface area contributed by atoms with E-state index in [-0.39, 0.29) is 0 Å². The van der Waals surface area contributed by atoms with Crippen LogP contribution in [-0.2, 0) is 0 Å². The summed E-state index contributed by atoms with van der Waals surface area (Å²) in [4.78, 5) is 0. The summed E-state index contributed by atoms with van der Waals surface area (Å²) in [6, 6.07) is 15.2. The topological polar surface area (TPSA) is 21.3 Å². The van der Waals surface area contributed by atoms with Gasteiger partial charge in [0.2, 0.25) is 0 Å². The Bertz CT molecular complexity index is 620. The highest BCUT2D eigenvalue weighted by Crippen LogP contribution is 2.43. The molecule has 1 unspecified atom stereocenters. The van der Waals surface area contributed by atoms with Crippen molar-refractivity contribution in [1.82, 2.24) is 0 Å². The van der Waals surface area contributed by atoms with Crippen LogP contribution in [0.25, 0.3) is 0 Å². The Hall–Kier alpha value is -1.48. The molecule has 0 aromatic heterocycles. The van der Waals surface area contributed by atoms with Gasteiger partial charge >= 0.3 is 0 Å². The van der Waals surface area contributed by atoms with Crippen molar-refractivity contribution in [2.24, 2.45) is 5.92 Å². The van der Waals surface area contributed by atoms with Crippen LogP contribution in [-0.4, -0.2) is 7.11 Å². The molecule has 2 aromatic rings. The Morgan fingerprint density at radius 2 is 1.86 bits per heavy atom. The molecule has 1 aliphatic carbocycles. The molecule has 1 aliphatic rings. The minimum atomic E-state index is 0.380. The smallest absolute Gasteiger partial charge is 0.118 e. The molecular formula is C18H20BrNO. The zero-order valence-corrected chi connectivity index (χ0v) is 14.0. The molecule has 0 heterocycles. The summed E-state index contributed by atoms with van der Waals surface area (Å²) in [5.41, 5.74) is 3.75. The minimum Gasteiger partial charge on any atom is -0.497 e.